The molecule has 0 N–H and O–H groups in total. The van der Waals surface area contributed by atoms with Crippen LogP contribution in [-0.4, -0.2) is 23.9 Å². The molecule has 2 aromatic rings. The number of thioether (sulfide) groups is 1. The van der Waals surface area contributed by atoms with Gasteiger partial charge < -0.3 is 4.90 Å². The van der Waals surface area contributed by atoms with E-state index in [9.17, 15) is 4.79 Å². The number of benzene rings is 2. The zero-order valence-electron chi connectivity index (χ0n) is 15.1. The van der Waals surface area contributed by atoms with Crippen molar-refractivity contribution in [3.05, 3.63) is 65.2 Å². The summed E-state index contributed by atoms with van der Waals surface area (Å²) in [5, 5.41) is 8.90. The normalized spacial score (nSPS) is 13.2. The van der Waals surface area contributed by atoms with Gasteiger partial charge in [-0.25, -0.2) is 0 Å². The Balaban J connectivity index is 1.71. The van der Waals surface area contributed by atoms with Crippen molar-refractivity contribution < 1.29 is 4.79 Å². The fraction of sp³-hybridized carbons (Fsp3) is 0.364. The summed E-state index contributed by atoms with van der Waals surface area (Å²) in [6.07, 6.45) is 3.49. The van der Waals surface area contributed by atoms with Crippen molar-refractivity contribution in [2.75, 3.05) is 13.1 Å². The van der Waals surface area contributed by atoms with Crippen LogP contribution in [0.2, 0.25) is 0 Å². The van der Waals surface area contributed by atoms with Crippen LogP contribution >= 0.6 is 11.8 Å². The van der Waals surface area contributed by atoms with E-state index in [1.165, 1.54) is 12.8 Å². The molecule has 0 atom stereocenters. The summed E-state index contributed by atoms with van der Waals surface area (Å²) >= 11 is 1.68. The van der Waals surface area contributed by atoms with Crippen molar-refractivity contribution in [2.45, 2.75) is 36.8 Å². The zero-order chi connectivity index (χ0) is 18.4. The molecule has 0 heterocycles. The van der Waals surface area contributed by atoms with E-state index < -0.39 is 0 Å². The Kier molecular flexibility index (Phi) is 6.35. The molecule has 2 aromatic carbocycles. The van der Waals surface area contributed by atoms with Crippen LogP contribution in [0.5, 0.6) is 0 Å². The summed E-state index contributed by atoms with van der Waals surface area (Å²) in [6.45, 7) is 3.84. The van der Waals surface area contributed by atoms with E-state index in [0.29, 0.717) is 11.5 Å². The molecule has 0 spiro atoms. The number of hydrogen-bond donors (Lipinski definition) is 0. The van der Waals surface area contributed by atoms with Gasteiger partial charge in [0.2, 0.25) is 0 Å². The summed E-state index contributed by atoms with van der Waals surface area (Å²) in [7, 11) is 0. The number of rotatable bonds is 8. The van der Waals surface area contributed by atoms with Gasteiger partial charge in [0.15, 0.2) is 0 Å². The second-order valence-corrected chi connectivity index (χ2v) is 7.81. The molecule has 134 valence electrons. The lowest BCUT2D eigenvalue weighted by atomic mass is 10.2. The fourth-order valence-electron chi connectivity index (χ4n) is 2.93. The molecule has 0 aromatic heterocycles. The van der Waals surface area contributed by atoms with Crippen molar-refractivity contribution in [2.24, 2.45) is 5.92 Å². The van der Waals surface area contributed by atoms with Gasteiger partial charge in [0.1, 0.15) is 0 Å². The number of hydrogen-bond acceptors (Lipinski definition) is 3. The van der Waals surface area contributed by atoms with Crippen LogP contribution in [0.15, 0.2) is 53.4 Å². The molecule has 0 saturated heterocycles. The minimum absolute atomic E-state index is 0.154. The van der Waals surface area contributed by atoms with Crippen LogP contribution in [0, 0.1) is 17.2 Å². The molecular formula is C22H24N2OS. The van der Waals surface area contributed by atoms with Crippen LogP contribution in [0.1, 0.15) is 47.7 Å². The highest BCUT2D eigenvalue weighted by atomic mass is 32.2. The van der Waals surface area contributed by atoms with Gasteiger partial charge in [-0.1, -0.05) is 31.2 Å². The molecule has 26 heavy (non-hydrogen) atoms. The van der Waals surface area contributed by atoms with Gasteiger partial charge in [-0.05, 0) is 55.0 Å². The van der Waals surface area contributed by atoms with E-state index in [0.717, 1.165) is 41.3 Å². The molecule has 0 radical (unpaired) electrons. The average molecular weight is 365 g/mol. The lowest BCUT2D eigenvalue weighted by Crippen LogP contribution is -2.33. The number of nitrogens with zero attached hydrogens (tertiary/aromatic N) is 2. The van der Waals surface area contributed by atoms with Crippen molar-refractivity contribution in [3.8, 4) is 6.07 Å². The highest BCUT2D eigenvalue weighted by molar-refractivity contribution is 7.98. The van der Waals surface area contributed by atoms with Gasteiger partial charge in [-0.2, -0.15) is 5.26 Å². The molecule has 1 fully saturated rings. The largest absolute Gasteiger partial charge is 0.338 e. The van der Waals surface area contributed by atoms with Gasteiger partial charge in [-0.3, -0.25) is 4.79 Å². The van der Waals surface area contributed by atoms with Gasteiger partial charge in [0.25, 0.3) is 5.91 Å². The summed E-state index contributed by atoms with van der Waals surface area (Å²) in [5.41, 5.74) is 2.63. The van der Waals surface area contributed by atoms with Crippen LogP contribution in [0.3, 0.4) is 0 Å². The third kappa shape index (κ3) is 4.89. The van der Waals surface area contributed by atoms with E-state index in [4.69, 9.17) is 5.26 Å². The Morgan fingerprint density at radius 1 is 1.19 bits per heavy atom. The van der Waals surface area contributed by atoms with E-state index in [-0.39, 0.29) is 5.91 Å². The average Bonchev–Trinajstić information content (AvgIpc) is 3.50. The molecular weight excluding hydrogens is 340 g/mol. The summed E-state index contributed by atoms with van der Waals surface area (Å²) < 4.78 is 0. The van der Waals surface area contributed by atoms with Gasteiger partial charge in [0.05, 0.1) is 17.2 Å². The minimum Gasteiger partial charge on any atom is -0.338 e. The molecule has 1 amide bonds. The number of carbonyl (C=O) groups excluding carboxylic acids is 1. The van der Waals surface area contributed by atoms with E-state index >= 15 is 0 Å². The van der Waals surface area contributed by atoms with Gasteiger partial charge >= 0.3 is 0 Å². The Hall–Kier alpha value is -2.25. The van der Waals surface area contributed by atoms with Crippen LogP contribution in [-0.2, 0) is 5.75 Å². The highest BCUT2D eigenvalue weighted by Crippen LogP contribution is 2.32. The Labute approximate surface area is 160 Å². The topological polar surface area (TPSA) is 44.1 Å². The van der Waals surface area contributed by atoms with E-state index in [2.05, 4.69) is 13.0 Å². The Bertz CT molecular complexity index is 791. The maximum atomic E-state index is 13.1. The lowest BCUT2D eigenvalue weighted by molar-refractivity contribution is 0.0744. The maximum Gasteiger partial charge on any atom is 0.254 e. The third-order valence-corrected chi connectivity index (χ3v) is 5.70. The minimum atomic E-state index is 0.154. The first kappa shape index (κ1) is 18.5. The van der Waals surface area contributed by atoms with Gasteiger partial charge in [0, 0.05) is 23.7 Å². The second kappa shape index (κ2) is 8.91. The molecule has 1 aliphatic rings. The smallest absolute Gasteiger partial charge is 0.254 e. The highest BCUT2D eigenvalue weighted by Gasteiger charge is 2.27. The molecule has 0 unspecified atom stereocenters. The van der Waals surface area contributed by atoms with Gasteiger partial charge in [-0.15, -0.1) is 11.8 Å². The van der Waals surface area contributed by atoms with Crippen molar-refractivity contribution >= 4 is 17.7 Å². The fourth-order valence-corrected chi connectivity index (χ4v) is 3.93. The molecule has 0 bridgehead atoms. The lowest BCUT2D eigenvalue weighted by Gasteiger charge is -2.23. The predicted octanol–water partition coefficient (Wildman–Crippen LogP) is 5.11. The standard InChI is InChI=1S/C22H24N2OS/c1-2-13-24(15-18-9-10-18)22(25)20-5-3-4-6-21(20)26-16-19-11-7-17(14-23)8-12-19/h3-8,11-12,18H,2,9-10,13,15-16H2,1H3. The molecule has 3 nitrogen and oxygen atoms in total. The van der Waals surface area contributed by atoms with E-state index in [1.807, 2.05) is 53.4 Å². The van der Waals surface area contributed by atoms with Crippen LogP contribution < -0.4 is 0 Å². The predicted molar refractivity (Wildman–Crippen MR) is 106 cm³/mol. The molecule has 0 aliphatic heterocycles. The number of nitriles is 1. The number of carbonyl (C=O) groups is 1. The van der Waals surface area contributed by atoms with Crippen molar-refractivity contribution in [3.63, 3.8) is 0 Å². The first-order valence-electron chi connectivity index (χ1n) is 9.21. The first-order chi connectivity index (χ1) is 12.7. The maximum absolute atomic E-state index is 13.1. The monoisotopic (exact) mass is 364 g/mol. The summed E-state index contributed by atoms with van der Waals surface area (Å²) in [6, 6.07) is 17.7. The van der Waals surface area contributed by atoms with Crippen molar-refractivity contribution in [1.82, 2.24) is 4.90 Å². The molecule has 1 aliphatic carbocycles. The van der Waals surface area contributed by atoms with Crippen molar-refractivity contribution in [1.29, 1.82) is 5.26 Å². The third-order valence-electron chi connectivity index (χ3n) is 4.55. The number of amides is 1. The first-order valence-corrected chi connectivity index (χ1v) is 10.2. The Morgan fingerprint density at radius 2 is 1.92 bits per heavy atom. The molecule has 4 heteroatoms. The quantitative estimate of drug-likeness (QED) is 0.611. The van der Waals surface area contributed by atoms with Crippen LogP contribution in [0.25, 0.3) is 0 Å². The Morgan fingerprint density at radius 3 is 2.58 bits per heavy atom. The SMILES string of the molecule is CCCN(CC1CC1)C(=O)c1ccccc1SCc1ccc(C#N)cc1. The summed E-state index contributed by atoms with van der Waals surface area (Å²) in [5.74, 6) is 1.64. The van der Waals surface area contributed by atoms with Crippen LogP contribution in [0.4, 0.5) is 0 Å². The molecule has 1 saturated carbocycles. The second-order valence-electron chi connectivity index (χ2n) is 6.79. The molecule has 3 rings (SSSR count). The zero-order valence-corrected chi connectivity index (χ0v) is 16.0. The van der Waals surface area contributed by atoms with E-state index in [1.54, 1.807) is 11.8 Å². The summed E-state index contributed by atoms with van der Waals surface area (Å²) in [4.78, 5) is 16.1.